The van der Waals surface area contributed by atoms with Gasteiger partial charge < -0.3 is 4.74 Å². The quantitative estimate of drug-likeness (QED) is 0.344. The van der Waals surface area contributed by atoms with Crippen LogP contribution < -0.4 is 0 Å². The van der Waals surface area contributed by atoms with E-state index in [1.54, 1.807) is 0 Å². The number of ether oxygens (including phenoxy) is 1. The normalized spacial score (nSPS) is 12.7. The molecule has 0 aliphatic heterocycles. The molecule has 0 saturated heterocycles. The largest absolute Gasteiger partial charge is 0.490 e. The summed E-state index contributed by atoms with van der Waals surface area (Å²) in [7, 11) is 0. The number of hydrogen-bond acceptors (Lipinski definition) is 2. The Morgan fingerprint density at radius 3 is 2.14 bits per heavy atom. The van der Waals surface area contributed by atoms with Crippen LogP contribution in [0.3, 0.4) is 0 Å². The fourth-order valence-electron chi connectivity index (χ4n) is 0.519. The predicted octanol–water partition coefficient (Wildman–Crippen LogP) is 3.14. The molecule has 0 bridgehead atoms. The Morgan fingerprint density at radius 2 is 1.79 bits per heavy atom. The van der Waals surface area contributed by atoms with Gasteiger partial charge in [0.05, 0.1) is 6.61 Å². The van der Waals surface area contributed by atoms with Crippen LogP contribution in [0.1, 0.15) is 6.42 Å². The van der Waals surface area contributed by atoms with Gasteiger partial charge in [-0.15, -0.1) is 33.2 Å². The number of carbonyl (C=O) groups is 1. The summed E-state index contributed by atoms with van der Waals surface area (Å²) < 4.78 is 38.6. The van der Waals surface area contributed by atoms with E-state index in [1.165, 1.54) is 0 Å². The molecular weight excluding hydrogens is 283 g/mol. The van der Waals surface area contributed by atoms with Gasteiger partial charge >= 0.3 is 18.1 Å². The minimum atomic E-state index is -4.96. The maximum absolute atomic E-state index is 11.6. The Kier molecular flexibility index (Phi) is 5.57. The Labute approximate surface area is 93.4 Å². The lowest BCUT2D eigenvalue weighted by Gasteiger charge is -2.09. The highest BCUT2D eigenvalue weighted by molar-refractivity contribution is 7.64. The Hall–Kier alpha value is 0.347. The lowest BCUT2D eigenvalue weighted by Crippen LogP contribution is -2.26. The van der Waals surface area contributed by atoms with Crippen LogP contribution >= 0.6 is 33.2 Å². The van der Waals surface area contributed by atoms with E-state index in [4.69, 9.17) is 33.2 Å². The summed E-state index contributed by atoms with van der Waals surface area (Å²) >= 11 is 16.3. The molecule has 0 aliphatic carbocycles. The molecule has 0 rings (SSSR count). The second kappa shape index (κ2) is 5.44. The monoisotopic (exact) mass is 288 g/mol. The van der Waals surface area contributed by atoms with Crippen LogP contribution in [-0.4, -0.2) is 24.8 Å². The molecule has 0 N–H and O–H groups in total. The van der Waals surface area contributed by atoms with Gasteiger partial charge in [0.15, 0.2) is 0 Å². The van der Waals surface area contributed by atoms with Crippen molar-refractivity contribution in [2.45, 2.75) is 18.6 Å². The average Bonchev–Trinajstić information content (AvgIpc) is 1.93. The molecule has 14 heavy (non-hydrogen) atoms. The maximum atomic E-state index is 11.6. The summed E-state index contributed by atoms with van der Waals surface area (Å²) in [5.74, 6) is -2.22. The van der Waals surface area contributed by atoms with Crippen LogP contribution in [0.5, 0.6) is 0 Å². The molecule has 0 aromatic heterocycles. The number of esters is 1. The number of halogens is 6. The van der Waals surface area contributed by atoms with Gasteiger partial charge in [0, 0.05) is 0 Å². The highest BCUT2D eigenvalue weighted by Gasteiger charge is 2.40. The number of alkyl halides is 3. The second-order valence-electron chi connectivity index (χ2n) is 2.35. The first-order chi connectivity index (χ1) is 6.13. The van der Waals surface area contributed by atoms with Gasteiger partial charge in [0.25, 0.3) is 0 Å². The Balaban J connectivity index is 3.62. The van der Waals surface area contributed by atoms with Crippen molar-refractivity contribution in [1.29, 1.82) is 0 Å². The van der Waals surface area contributed by atoms with E-state index in [0.29, 0.717) is 0 Å². The molecule has 0 fully saturated rings. The van der Waals surface area contributed by atoms with E-state index in [1.807, 2.05) is 0 Å². The fraction of sp³-hybridized carbons (Fsp3) is 0.800. The van der Waals surface area contributed by atoms with E-state index in [0.717, 1.165) is 0 Å². The zero-order chi connectivity index (χ0) is 11.4. The van der Waals surface area contributed by atoms with E-state index in [9.17, 15) is 18.0 Å². The number of carbonyl (C=O) groups excluding carboxylic acids is 1. The van der Waals surface area contributed by atoms with Crippen LogP contribution in [0.4, 0.5) is 13.2 Å². The Morgan fingerprint density at radius 1 is 1.29 bits per heavy atom. The fourth-order valence-corrected chi connectivity index (χ4v) is 2.27. The minimum Gasteiger partial charge on any atom is -0.459 e. The third-order valence-electron chi connectivity index (χ3n) is 1.07. The van der Waals surface area contributed by atoms with Crippen LogP contribution in [0.25, 0.3) is 0 Å². The molecule has 0 spiro atoms. The number of hydrogen-bond donors (Lipinski definition) is 0. The predicted molar refractivity (Wildman–Crippen MR) is 49.8 cm³/mol. The van der Waals surface area contributed by atoms with Gasteiger partial charge in [0.1, 0.15) is 0 Å². The summed E-state index contributed by atoms with van der Waals surface area (Å²) in [5, 5.41) is 0. The third kappa shape index (κ3) is 7.72. The highest BCUT2D eigenvalue weighted by atomic mass is 35.8. The molecule has 0 aromatic rings. The molecule has 0 amide bonds. The molecule has 2 nitrogen and oxygen atoms in total. The van der Waals surface area contributed by atoms with E-state index in [2.05, 4.69) is 4.74 Å². The zero-order valence-corrected chi connectivity index (χ0v) is 9.97. The third-order valence-corrected chi connectivity index (χ3v) is 3.69. The van der Waals surface area contributed by atoms with Gasteiger partial charge in [-0.1, -0.05) is 0 Å². The van der Waals surface area contributed by atoms with Crippen LogP contribution in [0, 0.1) is 0 Å². The summed E-state index contributed by atoms with van der Waals surface area (Å²) in [6, 6.07) is -2.68. The van der Waals surface area contributed by atoms with E-state index in [-0.39, 0.29) is 19.1 Å². The van der Waals surface area contributed by atoms with Crippen molar-refractivity contribution in [3.63, 3.8) is 0 Å². The average molecular weight is 290 g/mol. The first kappa shape index (κ1) is 14.3. The maximum Gasteiger partial charge on any atom is 0.490 e. The topological polar surface area (TPSA) is 26.3 Å². The second-order valence-corrected chi connectivity index (χ2v) is 11.6. The molecule has 0 aromatic carbocycles. The molecule has 0 radical (unpaired) electrons. The summed E-state index contributed by atoms with van der Waals surface area (Å²) in [5.41, 5.74) is 0. The highest BCUT2D eigenvalue weighted by Crippen LogP contribution is 2.26. The lowest BCUT2D eigenvalue weighted by molar-refractivity contribution is -0.199. The molecule has 0 unspecified atom stereocenters. The van der Waals surface area contributed by atoms with E-state index >= 15 is 0 Å². The molecule has 0 heterocycles. The van der Waals surface area contributed by atoms with Gasteiger partial charge in [0.2, 0.25) is 0 Å². The molecule has 9 heteroatoms. The molecule has 84 valence electrons. The first-order valence-electron chi connectivity index (χ1n) is 3.43. The lowest BCUT2D eigenvalue weighted by atomic mass is 10.5. The summed E-state index contributed by atoms with van der Waals surface area (Å²) in [6.45, 7) is -0.390. The molecule has 0 atom stereocenters. The van der Waals surface area contributed by atoms with Crippen LogP contribution in [0.2, 0.25) is 6.04 Å². The van der Waals surface area contributed by atoms with Gasteiger partial charge in [-0.2, -0.15) is 13.2 Å². The van der Waals surface area contributed by atoms with Crippen molar-refractivity contribution in [3.05, 3.63) is 0 Å². The van der Waals surface area contributed by atoms with Crippen molar-refractivity contribution in [2.75, 3.05) is 6.61 Å². The molecule has 0 saturated carbocycles. The van der Waals surface area contributed by atoms with Gasteiger partial charge in [-0.25, -0.2) is 4.79 Å². The van der Waals surface area contributed by atoms with Crippen LogP contribution in [-0.2, 0) is 9.53 Å². The van der Waals surface area contributed by atoms with E-state index < -0.39 is 18.1 Å². The van der Waals surface area contributed by atoms with Crippen molar-refractivity contribution in [2.24, 2.45) is 0 Å². The van der Waals surface area contributed by atoms with Crippen LogP contribution in [0.15, 0.2) is 0 Å². The van der Waals surface area contributed by atoms with Gasteiger partial charge in [-0.05, 0) is 12.5 Å². The van der Waals surface area contributed by atoms with Crippen molar-refractivity contribution in [1.82, 2.24) is 0 Å². The van der Waals surface area contributed by atoms with Crippen molar-refractivity contribution < 1.29 is 22.7 Å². The van der Waals surface area contributed by atoms with Crippen molar-refractivity contribution >= 4 is 45.2 Å². The number of rotatable bonds is 4. The standard InChI is InChI=1S/C5H6Cl3F3O2Si/c6-14(7,8)3-1-2-13-4(12)5(9,10)11/h1-3H2. The first-order valence-corrected chi connectivity index (χ1v) is 8.68. The minimum absolute atomic E-state index is 0.116. The zero-order valence-electron chi connectivity index (χ0n) is 6.71. The smallest absolute Gasteiger partial charge is 0.459 e. The van der Waals surface area contributed by atoms with Crippen molar-refractivity contribution in [3.8, 4) is 0 Å². The molecular formula is C5H6Cl3F3O2Si. The van der Waals surface area contributed by atoms with Gasteiger partial charge in [-0.3, -0.25) is 0 Å². The SMILES string of the molecule is O=C(OCCC[Si](Cl)(Cl)Cl)C(F)(F)F. The Bertz CT molecular complexity index is 203. The summed E-state index contributed by atoms with van der Waals surface area (Å²) in [6.07, 6.45) is -4.85. The molecule has 0 aliphatic rings. The summed E-state index contributed by atoms with van der Waals surface area (Å²) in [4.78, 5) is 10.2.